The van der Waals surface area contributed by atoms with Crippen LogP contribution in [-0.4, -0.2) is 49.5 Å². The molecule has 0 aromatic heterocycles. The summed E-state index contributed by atoms with van der Waals surface area (Å²) >= 11 is 1.47. The van der Waals surface area contributed by atoms with E-state index in [1.807, 2.05) is 6.26 Å². The summed E-state index contributed by atoms with van der Waals surface area (Å²) < 4.78 is 27.1. The van der Waals surface area contributed by atoms with Gasteiger partial charge in [-0.25, -0.2) is 13.2 Å². The average Bonchev–Trinajstić information content (AvgIpc) is 2.56. The third kappa shape index (κ3) is 6.14. The Bertz CT molecular complexity index is 649. The van der Waals surface area contributed by atoms with Gasteiger partial charge in [0, 0.05) is 0 Å². The molecule has 9 heteroatoms. The van der Waals surface area contributed by atoms with Crippen LogP contribution < -0.4 is 10.0 Å². The second-order valence-corrected chi connectivity index (χ2v) is 7.78. The highest BCUT2D eigenvalue weighted by Gasteiger charge is 2.28. The number of thioether (sulfide) groups is 1. The minimum Gasteiger partial charge on any atom is -0.480 e. The number of carbonyl (C=O) groups is 2. The molecule has 3 N–H and O–H groups in total. The zero-order valence-electron chi connectivity index (χ0n) is 13.6. The Morgan fingerprint density at radius 2 is 1.83 bits per heavy atom. The van der Waals surface area contributed by atoms with Gasteiger partial charge in [0.2, 0.25) is 15.9 Å². The Balaban J connectivity index is 2.92. The number of nitrogens with one attached hydrogen (secondary N) is 2. The van der Waals surface area contributed by atoms with E-state index in [9.17, 15) is 18.0 Å². The van der Waals surface area contributed by atoms with Gasteiger partial charge >= 0.3 is 5.97 Å². The van der Waals surface area contributed by atoms with Crippen molar-refractivity contribution < 1.29 is 23.1 Å². The fourth-order valence-electron chi connectivity index (χ4n) is 1.94. The molecule has 1 aromatic rings. The van der Waals surface area contributed by atoms with E-state index in [1.54, 1.807) is 25.1 Å². The van der Waals surface area contributed by atoms with E-state index in [4.69, 9.17) is 5.11 Å². The molecule has 1 aromatic carbocycles. The molecule has 1 amide bonds. The van der Waals surface area contributed by atoms with Crippen molar-refractivity contribution in [1.29, 1.82) is 0 Å². The average molecular weight is 374 g/mol. The molecular formula is C15H22N2O5S2. The van der Waals surface area contributed by atoms with E-state index in [2.05, 4.69) is 10.0 Å². The van der Waals surface area contributed by atoms with E-state index in [-0.39, 0.29) is 17.7 Å². The monoisotopic (exact) mass is 374 g/mol. The number of aliphatic carboxylic acids is 1. The number of hydrogen-bond donors (Lipinski definition) is 3. The fraction of sp³-hybridized carbons (Fsp3) is 0.467. The topological polar surface area (TPSA) is 113 Å². The van der Waals surface area contributed by atoms with Gasteiger partial charge in [-0.15, -0.1) is 0 Å². The summed E-state index contributed by atoms with van der Waals surface area (Å²) in [5, 5.41) is 11.4. The van der Waals surface area contributed by atoms with E-state index in [0.717, 1.165) is 0 Å². The standard InChI is InChI=1S/C15H22N2O5S2/c1-3-12(15(19)20)16-14(18)13(9-10-23-2)17-24(21,22)11-7-5-4-6-8-11/h4-8,12-13,17H,3,9-10H2,1-2H3,(H,16,18)(H,19,20). The number of benzene rings is 1. The van der Waals surface area contributed by atoms with Crippen molar-refractivity contribution >= 4 is 33.7 Å². The normalized spacial score (nSPS) is 13.9. The molecule has 0 spiro atoms. The molecule has 1 rings (SSSR count). The molecule has 0 aliphatic heterocycles. The Morgan fingerprint density at radius 1 is 1.21 bits per heavy atom. The van der Waals surface area contributed by atoms with Gasteiger partial charge in [0.15, 0.2) is 0 Å². The summed E-state index contributed by atoms with van der Waals surface area (Å²) in [5.41, 5.74) is 0. The van der Waals surface area contributed by atoms with Crippen LogP contribution in [0.4, 0.5) is 0 Å². The highest BCUT2D eigenvalue weighted by Crippen LogP contribution is 2.11. The van der Waals surface area contributed by atoms with E-state index < -0.39 is 34.0 Å². The van der Waals surface area contributed by atoms with Crippen LogP contribution in [0.2, 0.25) is 0 Å². The lowest BCUT2D eigenvalue weighted by atomic mass is 10.2. The molecule has 0 aliphatic carbocycles. The number of carboxylic acids is 1. The lowest BCUT2D eigenvalue weighted by Gasteiger charge is -2.20. The van der Waals surface area contributed by atoms with Crippen LogP contribution >= 0.6 is 11.8 Å². The van der Waals surface area contributed by atoms with Crippen LogP contribution in [0.1, 0.15) is 19.8 Å². The molecule has 24 heavy (non-hydrogen) atoms. The van der Waals surface area contributed by atoms with Gasteiger partial charge in [0.05, 0.1) is 4.90 Å². The van der Waals surface area contributed by atoms with Crippen molar-refractivity contribution in [3.63, 3.8) is 0 Å². The first-order chi connectivity index (χ1) is 11.3. The quantitative estimate of drug-likeness (QED) is 0.565. The zero-order valence-corrected chi connectivity index (χ0v) is 15.2. The maximum Gasteiger partial charge on any atom is 0.326 e. The number of carboxylic acid groups (broad SMARTS) is 1. The Kier molecular flexibility index (Phi) is 8.23. The number of carbonyl (C=O) groups excluding carboxylic acids is 1. The van der Waals surface area contributed by atoms with Crippen molar-refractivity contribution in [2.45, 2.75) is 36.7 Å². The largest absolute Gasteiger partial charge is 0.480 e. The van der Waals surface area contributed by atoms with E-state index in [0.29, 0.717) is 5.75 Å². The van der Waals surface area contributed by atoms with Gasteiger partial charge in [0.1, 0.15) is 12.1 Å². The van der Waals surface area contributed by atoms with Crippen LogP contribution in [-0.2, 0) is 19.6 Å². The molecule has 0 fully saturated rings. The molecule has 0 bridgehead atoms. The van der Waals surface area contributed by atoms with Gasteiger partial charge in [-0.2, -0.15) is 16.5 Å². The van der Waals surface area contributed by atoms with Crippen LogP contribution in [0.15, 0.2) is 35.2 Å². The van der Waals surface area contributed by atoms with Gasteiger partial charge in [0.25, 0.3) is 0 Å². The van der Waals surface area contributed by atoms with Crippen LogP contribution in [0, 0.1) is 0 Å². The van der Waals surface area contributed by atoms with Crippen LogP contribution in [0.5, 0.6) is 0 Å². The summed E-state index contributed by atoms with van der Waals surface area (Å²) in [6, 6.07) is 5.64. The van der Waals surface area contributed by atoms with Gasteiger partial charge in [-0.05, 0) is 37.0 Å². The molecule has 2 unspecified atom stereocenters. The lowest BCUT2D eigenvalue weighted by molar-refractivity contribution is -0.142. The minimum atomic E-state index is -3.87. The molecule has 0 radical (unpaired) electrons. The fourth-order valence-corrected chi connectivity index (χ4v) is 3.67. The predicted octanol–water partition coefficient (Wildman–Crippen LogP) is 1.07. The first-order valence-electron chi connectivity index (χ1n) is 7.41. The Morgan fingerprint density at radius 3 is 2.33 bits per heavy atom. The van der Waals surface area contributed by atoms with Crippen molar-refractivity contribution in [3.8, 4) is 0 Å². The summed E-state index contributed by atoms with van der Waals surface area (Å²) in [5.74, 6) is -1.24. The summed E-state index contributed by atoms with van der Waals surface area (Å²) in [4.78, 5) is 23.4. The first-order valence-corrected chi connectivity index (χ1v) is 10.3. The van der Waals surface area contributed by atoms with E-state index >= 15 is 0 Å². The maximum absolute atomic E-state index is 12.4. The summed E-state index contributed by atoms with van der Waals surface area (Å²) in [7, 11) is -3.87. The maximum atomic E-state index is 12.4. The molecule has 7 nitrogen and oxygen atoms in total. The highest BCUT2D eigenvalue weighted by molar-refractivity contribution is 7.98. The molecule has 0 aliphatic rings. The number of amides is 1. The molecular weight excluding hydrogens is 352 g/mol. The highest BCUT2D eigenvalue weighted by atomic mass is 32.2. The van der Waals surface area contributed by atoms with Gasteiger partial charge < -0.3 is 10.4 Å². The summed E-state index contributed by atoms with van der Waals surface area (Å²) in [6.07, 6.45) is 2.31. The number of sulfonamides is 1. The third-order valence-corrected chi connectivity index (χ3v) is 5.43. The minimum absolute atomic E-state index is 0.0530. The van der Waals surface area contributed by atoms with E-state index in [1.165, 1.54) is 23.9 Å². The number of hydrogen-bond acceptors (Lipinski definition) is 5. The van der Waals surface area contributed by atoms with Crippen LogP contribution in [0.3, 0.4) is 0 Å². The summed E-state index contributed by atoms with van der Waals surface area (Å²) in [6.45, 7) is 1.63. The zero-order chi connectivity index (χ0) is 18.2. The number of rotatable bonds is 10. The molecule has 0 heterocycles. The van der Waals surface area contributed by atoms with Crippen molar-refractivity contribution in [2.24, 2.45) is 0 Å². The van der Waals surface area contributed by atoms with Crippen molar-refractivity contribution in [1.82, 2.24) is 10.0 Å². The first kappa shape index (κ1) is 20.5. The van der Waals surface area contributed by atoms with Crippen molar-refractivity contribution in [2.75, 3.05) is 12.0 Å². The smallest absolute Gasteiger partial charge is 0.326 e. The molecule has 0 saturated heterocycles. The van der Waals surface area contributed by atoms with Crippen LogP contribution in [0.25, 0.3) is 0 Å². The molecule has 2 atom stereocenters. The lowest BCUT2D eigenvalue weighted by Crippen LogP contribution is -2.51. The Labute approximate surface area is 146 Å². The molecule has 0 saturated carbocycles. The van der Waals surface area contributed by atoms with Crippen molar-refractivity contribution in [3.05, 3.63) is 30.3 Å². The van der Waals surface area contributed by atoms with Gasteiger partial charge in [-0.1, -0.05) is 25.1 Å². The second kappa shape index (κ2) is 9.65. The SMILES string of the molecule is CCC(NC(=O)C(CCSC)NS(=O)(=O)c1ccccc1)C(=O)O. The molecule has 134 valence electrons. The Hall–Kier alpha value is -1.58. The second-order valence-electron chi connectivity index (χ2n) is 5.08. The van der Waals surface area contributed by atoms with Gasteiger partial charge in [-0.3, -0.25) is 4.79 Å². The third-order valence-electron chi connectivity index (χ3n) is 3.30. The predicted molar refractivity (Wildman–Crippen MR) is 93.4 cm³/mol.